The van der Waals surface area contributed by atoms with Crippen molar-refractivity contribution >= 4 is 8.32 Å². The lowest BCUT2D eigenvalue weighted by molar-refractivity contribution is 0.135. The molecule has 2 bridgehead atoms. The average molecular weight is 526 g/mol. The van der Waals surface area contributed by atoms with Crippen molar-refractivity contribution in [3.05, 3.63) is 46.5 Å². The van der Waals surface area contributed by atoms with Gasteiger partial charge in [0.2, 0.25) is 6.79 Å². The zero-order chi connectivity index (χ0) is 26.7. The monoisotopic (exact) mass is 525 g/mol. The summed E-state index contributed by atoms with van der Waals surface area (Å²) in [7, 11) is 3.54. The van der Waals surface area contributed by atoms with Gasteiger partial charge in [0.05, 0.1) is 19.6 Å². The Morgan fingerprint density at radius 2 is 1.49 bits per heavy atom. The van der Waals surface area contributed by atoms with E-state index in [9.17, 15) is 0 Å². The molecule has 3 heterocycles. The first-order valence-electron chi connectivity index (χ1n) is 13.6. The molecule has 0 N–H and O–H groups in total. The molecule has 0 aromatic heterocycles. The number of hydrogen-bond donors (Lipinski definition) is 0. The number of rotatable bonds is 8. The molecule has 37 heavy (non-hydrogen) atoms. The van der Waals surface area contributed by atoms with E-state index in [1.165, 1.54) is 22.3 Å². The van der Waals surface area contributed by atoms with Crippen molar-refractivity contribution in [3.8, 4) is 23.0 Å². The highest BCUT2D eigenvalue weighted by Crippen LogP contribution is 2.55. The Bertz CT molecular complexity index is 1160. The fourth-order valence-electron chi connectivity index (χ4n) is 7.70. The molecule has 3 aliphatic heterocycles. The van der Waals surface area contributed by atoms with Crippen LogP contribution in [0.2, 0.25) is 16.6 Å². The van der Waals surface area contributed by atoms with E-state index < -0.39 is 8.32 Å². The fourth-order valence-corrected chi connectivity index (χ4v) is 13.2. The number of ether oxygens (including phenoxy) is 4. The van der Waals surface area contributed by atoms with Crippen molar-refractivity contribution < 1.29 is 23.4 Å². The molecule has 0 spiro atoms. The van der Waals surface area contributed by atoms with Crippen molar-refractivity contribution in [1.29, 1.82) is 0 Å². The lowest BCUT2D eigenvalue weighted by atomic mass is 9.70. The van der Waals surface area contributed by atoms with E-state index >= 15 is 0 Å². The Labute approximate surface area is 223 Å². The molecule has 7 heteroatoms. The molecule has 1 aliphatic carbocycles. The van der Waals surface area contributed by atoms with E-state index in [0.717, 1.165) is 36.0 Å². The van der Waals surface area contributed by atoms with E-state index in [0.29, 0.717) is 23.2 Å². The van der Waals surface area contributed by atoms with Crippen molar-refractivity contribution in [1.82, 2.24) is 4.90 Å². The van der Waals surface area contributed by atoms with Crippen LogP contribution in [0.4, 0.5) is 0 Å². The lowest BCUT2D eigenvalue weighted by Crippen LogP contribution is -2.54. The molecule has 6 nitrogen and oxygen atoms in total. The number of fused-ring (bicyclic) bond motifs is 2. The van der Waals surface area contributed by atoms with Gasteiger partial charge < -0.3 is 23.4 Å². The predicted molar refractivity (Wildman–Crippen MR) is 149 cm³/mol. The summed E-state index contributed by atoms with van der Waals surface area (Å²) in [4.78, 5) is 2.50. The van der Waals surface area contributed by atoms with Crippen molar-refractivity contribution in [2.24, 2.45) is 0 Å². The van der Waals surface area contributed by atoms with Crippen LogP contribution in [0.5, 0.6) is 23.0 Å². The van der Waals surface area contributed by atoms with Gasteiger partial charge in [0, 0.05) is 19.2 Å². The highest BCUT2D eigenvalue weighted by atomic mass is 28.4. The Morgan fingerprint density at radius 3 is 2.08 bits per heavy atom. The van der Waals surface area contributed by atoms with Gasteiger partial charge in [-0.1, -0.05) is 41.5 Å². The van der Waals surface area contributed by atoms with E-state index in [-0.39, 0.29) is 18.2 Å². The number of methoxy groups -OCH3 is 2. The molecule has 2 atom stereocenters. The lowest BCUT2D eigenvalue weighted by Gasteiger charge is -2.49. The maximum atomic E-state index is 7.41. The second-order valence-electron chi connectivity index (χ2n) is 12.0. The van der Waals surface area contributed by atoms with Gasteiger partial charge in [0.1, 0.15) is 0 Å². The summed E-state index contributed by atoms with van der Waals surface area (Å²) in [5.41, 5.74) is 6.31. The molecule has 0 saturated heterocycles. The first kappa shape index (κ1) is 26.4. The van der Waals surface area contributed by atoms with E-state index in [2.05, 4.69) is 77.8 Å². The summed E-state index contributed by atoms with van der Waals surface area (Å²) in [6.45, 7) is 15.9. The molecule has 2 aromatic carbocycles. The van der Waals surface area contributed by atoms with E-state index in [1.807, 2.05) is 0 Å². The zero-order valence-corrected chi connectivity index (χ0v) is 24.9. The zero-order valence-electron chi connectivity index (χ0n) is 23.9. The summed E-state index contributed by atoms with van der Waals surface area (Å²) >= 11 is 0. The van der Waals surface area contributed by atoms with Gasteiger partial charge in [0.25, 0.3) is 0 Å². The second kappa shape index (κ2) is 9.51. The highest BCUT2D eigenvalue weighted by Gasteiger charge is 2.53. The summed E-state index contributed by atoms with van der Waals surface area (Å²) in [5, 5.41) is 0. The summed E-state index contributed by atoms with van der Waals surface area (Å²) in [6, 6.07) is 9.07. The van der Waals surface area contributed by atoms with E-state index in [4.69, 9.17) is 23.4 Å². The molecule has 0 unspecified atom stereocenters. The van der Waals surface area contributed by atoms with Crippen LogP contribution < -0.4 is 18.9 Å². The third kappa shape index (κ3) is 3.88. The van der Waals surface area contributed by atoms with Crippen LogP contribution in [0.15, 0.2) is 24.3 Å². The topological polar surface area (TPSA) is 49.4 Å². The van der Waals surface area contributed by atoms with Gasteiger partial charge >= 0.3 is 0 Å². The number of hydrogen-bond acceptors (Lipinski definition) is 6. The highest BCUT2D eigenvalue weighted by molar-refractivity contribution is 6.77. The SMILES string of the molecule is COc1cc2c(cc1OC)[C@]1(CO[Si](C(C)C)(C(C)C)C(C)C)CN(C)[C@H](C2)c2cc3c(cc21)OCO3. The summed E-state index contributed by atoms with van der Waals surface area (Å²) in [5.74, 6) is 3.20. The third-order valence-electron chi connectivity index (χ3n) is 9.28. The smallest absolute Gasteiger partial charge is 0.231 e. The van der Waals surface area contributed by atoms with Crippen molar-refractivity contribution in [2.45, 2.75) is 76.0 Å². The number of benzene rings is 2. The molecule has 0 amide bonds. The number of likely N-dealkylation sites (N-methyl/N-ethyl adjacent to an activating group) is 1. The van der Waals surface area contributed by atoms with E-state index in [1.54, 1.807) is 14.2 Å². The van der Waals surface area contributed by atoms with Gasteiger partial charge in [0.15, 0.2) is 31.3 Å². The van der Waals surface area contributed by atoms with Crippen LogP contribution in [-0.2, 0) is 16.3 Å². The summed E-state index contributed by atoms with van der Waals surface area (Å²) < 4.78 is 30.7. The quantitative estimate of drug-likeness (QED) is 0.369. The Balaban J connectivity index is 1.75. The van der Waals surface area contributed by atoms with Gasteiger partial charge in [-0.15, -0.1) is 0 Å². The minimum absolute atomic E-state index is 0.235. The summed E-state index contributed by atoms with van der Waals surface area (Å²) in [6.07, 6.45) is 0.891. The Morgan fingerprint density at radius 1 is 0.892 bits per heavy atom. The largest absolute Gasteiger partial charge is 0.493 e. The van der Waals surface area contributed by atoms with Crippen LogP contribution in [0.1, 0.15) is 69.8 Å². The fraction of sp³-hybridized carbons (Fsp3) is 0.600. The molecular formula is C30H43NO5Si. The van der Waals surface area contributed by atoms with Crippen molar-refractivity contribution in [2.75, 3.05) is 41.2 Å². The normalized spacial score (nSPS) is 22.4. The Hall–Kier alpha value is -2.22. The first-order valence-corrected chi connectivity index (χ1v) is 15.8. The van der Waals surface area contributed by atoms with Gasteiger partial charge in [-0.05, 0) is 76.6 Å². The molecule has 202 valence electrons. The molecule has 6 rings (SSSR count). The molecule has 0 radical (unpaired) electrons. The predicted octanol–water partition coefficient (Wildman–Crippen LogP) is 6.45. The molecule has 0 fully saturated rings. The van der Waals surface area contributed by atoms with Crippen LogP contribution in [0.3, 0.4) is 0 Å². The first-order chi connectivity index (χ1) is 17.6. The van der Waals surface area contributed by atoms with Crippen LogP contribution in [-0.4, -0.2) is 54.4 Å². The minimum atomic E-state index is -2.13. The van der Waals surface area contributed by atoms with Gasteiger partial charge in [-0.3, -0.25) is 4.90 Å². The van der Waals surface area contributed by atoms with Crippen molar-refractivity contribution in [3.63, 3.8) is 0 Å². The molecule has 2 aromatic rings. The second-order valence-corrected chi connectivity index (χ2v) is 17.4. The van der Waals surface area contributed by atoms with Gasteiger partial charge in [-0.25, -0.2) is 0 Å². The molecule has 0 saturated carbocycles. The molecule has 4 aliphatic rings. The number of nitrogens with zero attached hydrogens (tertiary/aromatic N) is 1. The minimum Gasteiger partial charge on any atom is -0.493 e. The maximum absolute atomic E-state index is 7.41. The Kier molecular flexibility index (Phi) is 6.78. The standard InChI is InChI=1S/C30H43NO5Si/c1-18(2)37(19(3)4,20(5)6)36-16-30-15-31(7)25(22-12-28-29(14-24(22)30)35-17-34-28)10-21-11-26(32-8)27(33-9)13-23(21)30/h11-14,18-20,25H,10,15-17H2,1-9H3/t25-,30-/m1/s1. The molecular weight excluding hydrogens is 482 g/mol. The average Bonchev–Trinajstić information content (AvgIpc) is 3.23. The van der Waals surface area contributed by atoms with Crippen LogP contribution in [0.25, 0.3) is 0 Å². The van der Waals surface area contributed by atoms with Crippen LogP contribution in [0, 0.1) is 0 Å². The van der Waals surface area contributed by atoms with Gasteiger partial charge in [-0.2, -0.15) is 0 Å². The maximum Gasteiger partial charge on any atom is 0.231 e. The van der Waals surface area contributed by atoms with Crippen LogP contribution >= 0.6 is 0 Å². The third-order valence-corrected chi connectivity index (χ3v) is 15.3.